The molecule has 102 valence electrons. The molecule has 0 amide bonds. The van der Waals surface area contributed by atoms with Crippen molar-refractivity contribution in [1.82, 2.24) is 9.78 Å². The summed E-state index contributed by atoms with van der Waals surface area (Å²) >= 11 is 0. The van der Waals surface area contributed by atoms with Crippen LogP contribution in [0.15, 0.2) is 0 Å². The van der Waals surface area contributed by atoms with Crippen molar-refractivity contribution >= 4 is 5.82 Å². The van der Waals surface area contributed by atoms with Crippen LogP contribution in [-0.4, -0.2) is 22.9 Å². The second-order valence-electron chi connectivity index (χ2n) is 6.06. The van der Waals surface area contributed by atoms with Crippen LogP contribution in [0.25, 0.3) is 0 Å². The number of anilines is 1. The van der Waals surface area contributed by atoms with Gasteiger partial charge in [0.25, 0.3) is 0 Å². The van der Waals surface area contributed by atoms with E-state index >= 15 is 0 Å². The predicted octanol–water partition coefficient (Wildman–Crippen LogP) is 2.62. The van der Waals surface area contributed by atoms with Crippen molar-refractivity contribution in [1.29, 1.82) is 5.26 Å². The molecule has 2 unspecified atom stereocenters. The number of hydrogen-bond acceptors (Lipinski definition) is 3. The molecule has 1 aromatic heterocycles. The fourth-order valence-electron chi connectivity index (χ4n) is 3.93. The molecule has 2 atom stereocenters. The van der Waals surface area contributed by atoms with Gasteiger partial charge in [0.1, 0.15) is 17.5 Å². The number of piperidine rings is 1. The van der Waals surface area contributed by atoms with Gasteiger partial charge in [-0.25, -0.2) is 0 Å². The molecule has 2 fully saturated rings. The zero-order chi connectivity index (χ0) is 13.4. The minimum Gasteiger partial charge on any atom is -0.355 e. The van der Waals surface area contributed by atoms with E-state index in [2.05, 4.69) is 16.1 Å². The monoisotopic (exact) mass is 258 g/mol. The van der Waals surface area contributed by atoms with Crippen LogP contribution >= 0.6 is 0 Å². The topological polar surface area (TPSA) is 44.9 Å². The average Bonchev–Trinajstić information content (AvgIpc) is 2.72. The first-order valence-corrected chi connectivity index (χ1v) is 7.39. The van der Waals surface area contributed by atoms with Gasteiger partial charge in [0.05, 0.1) is 5.69 Å². The molecular formula is C15H22N4. The standard InChI is InChI=1S/C15H22N4/c1-11-14(9-16)15(18(2)17-11)19-8-7-12-5-3-4-6-13(12)10-19/h12-13H,3-8,10H2,1-2H3. The van der Waals surface area contributed by atoms with Crippen molar-refractivity contribution in [2.24, 2.45) is 18.9 Å². The highest BCUT2D eigenvalue weighted by atomic mass is 15.4. The van der Waals surface area contributed by atoms with E-state index in [9.17, 15) is 5.26 Å². The molecular weight excluding hydrogens is 236 g/mol. The van der Waals surface area contributed by atoms with Gasteiger partial charge in [0, 0.05) is 20.1 Å². The molecule has 1 saturated carbocycles. The van der Waals surface area contributed by atoms with Crippen LogP contribution in [0, 0.1) is 30.1 Å². The van der Waals surface area contributed by atoms with Crippen LogP contribution in [0.4, 0.5) is 5.82 Å². The molecule has 3 rings (SSSR count). The molecule has 0 bridgehead atoms. The molecule has 1 aliphatic carbocycles. The molecule has 19 heavy (non-hydrogen) atoms. The van der Waals surface area contributed by atoms with Gasteiger partial charge < -0.3 is 4.90 Å². The van der Waals surface area contributed by atoms with Gasteiger partial charge in [0.15, 0.2) is 0 Å². The van der Waals surface area contributed by atoms with Crippen LogP contribution < -0.4 is 4.90 Å². The van der Waals surface area contributed by atoms with Crippen LogP contribution in [0.3, 0.4) is 0 Å². The lowest BCUT2D eigenvalue weighted by Crippen LogP contribution is -2.42. The number of fused-ring (bicyclic) bond motifs is 1. The summed E-state index contributed by atoms with van der Waals surface area (Å²) in [5, 5.41) is 13.8. The lowest BCUT2D eigenvalue weighted by Gasteiger charge is -2.42. The van der Waals surface area contributed by atoms with Gasteiger partial charge in [0.2, 0.25) is 0 Å². The van der Waals surface area contributed by atoms with E-state index in [4.69, 9.17) is 0 Å². The van der Waals surface area contributed by atoms with E-state index in [-0.39, 0.29) is 0 Å². The Bertz CT molecular complexity index is 511. The average molecular weight is 258 g/mol. The summed E-state index contributed by atoms with van der Waals surface area (Å²) in [7, 11) is 1.95. The second kappa shape index (κ2) is 4.88. The Kier molecular flexibility index (Phi) is 3.22. The maximum Gasteiger partial charge on any atom is 0.144 e. The Morgan fingerprint density at radius 3 is 2.68 bits per heavy atom. The van der Waals surface area contributed by atoms with E-state index in [0.29, 0.717) is 0 Å². The number of nitrogens with zero attached hydrogens (tertiary/aromatic N) is 4. The fourth-order valence-corrected chi connectivity index (χ4v) is 3.93. The quantitative estimate of drug-likeness (QED) is 0.778. The molecule has 4 nitrogen and oxygen atoms in total. The highest BCUT2D eigenvalue weighted by Gasteiger charge is 2.33. The summed E-state index contributed by atoms with van der Waals surface area (Å²) in [6, 6.07) is 2.33. The first kappa shape index (κ1) is 12.5. The van der Waals surface area contributed by atoms with Crippen molar-refractivity contribution < 1.29 is 0 Å². The van der Waals surface area contributed by atoms with Gasteiger partial charge >= 0.3 is 0 Å². The van der Waals surface area contributed by atoms with Gasteiger partial charge in [-0.1, -0.05) is 19.3 Å². The van der Waals surface area contributed by atoms with Crippen LogP contribution in [0.2, 0.25) is 0 Å². The molecule has 2 heterocycles. The molecule has 1 aliphatic heterocycles. The Labute approximate surface area is 115 Å². The summed E-state index contributed by atoms with van der Waals surface area (Å²) in [4.78, 5) is 2.39. The van der Waals surface area contributed by atoms with E-state index in [0.717, 1.165) is 42.0 Å². The predicted molar refractivity (Wildman–Crippen MR) is 74.9 cm³/mol. The largest absolute Gasteiger partial charge is 0.355 e. The molecule has 1 aromatic rings. The number of aryl methyl sites for hydroxylation is 2. The Morgan fingerprint density at radius 1 is 1.21 bits per heavy atom. The second-order valence-corrected chi connectivity index (χ2v) is 6.06. The van der Waals surface area contributed by atoms with Crippen LogP contribution in [0.5, 0.6) is 0 Å². The first-order chi connectivity index (χ1) is 9.20. The minimum absolute atomic E-state index is 0.761. The van der Waals surface area contributed by atoms with Crippen molar-refractivity contribution in [3.63, 3.8) is 0 Å². The number of aromatic nitrogens is 2. The highest BCUT2D eigenvalue weighted by molar-refractivity contribution is 5.57. The summed E-state index contributed by atoms with van der Waals surface area (Å²) < 4.78 is 1.89. The van der Waals surface area contributed by atoms with E-state index < -0.39 is 0 Å². The van der Waals surface area contributed by atoms with Crippen molar-refractivity contribution in [2.45, 2.75) is 39.0 Å². The normalized spacial score (nSPS) is 26.9. The van der Waals surface area contributed by atoms with Gasteiger partial charge in [-0.2, -0.15) is 10.4 Å². The van der Waals surface area contributed by atoms with Gasteiger partial charge in [-0.15, -0.1) is 0 Å². The third kappa shape index (κ3) is 2.11. The maximum atomic E-state index is 9.35. The summed E-state index contributed by atoms with van der Waals surface area (Å²) in [5.74, 6) is 2.78. The molecule has 1 saturated heterocycles. The van der Waals surface area contributed by atoms with E-state index in [1.165, 1.54) is 32.1 Å². The third-order valence-corrected chi connectivity index (χ3v) is 4.89. The van der Waals surface area contributed by atoms with Crippen LogP contribution in [-0.2, 0) is 7.05 Å². The molecule has 0 radical (unpaired) electrons. The number of nitriles is 1. The molecule has 0 aromatic carbocycles. The zero-order valence-corrected chi connectivity index (χ0v) is 11.9. The molecule has 0 spiro atoms. The summed E-state index contributed by atoms with van der Waals surface area (Å²) in [6.45, 7) is 4.11. The molecule has 0 N–H and O–H groups in total. The first-order valence-electron chi connectivity index (χ1n) is 7.39. The smallest absolute Gasteiger partial charge is 0.144 e. The fraction of sp³-hybridized carbons (Fsp3) is 0.733. The van der Waals surface area contributed by atoms with E-state index in [1.807, 2.05) is 18.7 Å². The van der Waals surface area contributed by atoms with Crippen molar-refractivity contribution in [3.05, 3.63) is 11.3 Å². The molecule has 2 aliphatic rings. The SMILES string of the molecule is Cc1nn(C)c(N2CCC3CCCCC3C2)c1C#N. The Hall–Kier alpha value is -1.50. The van der Waals surface area contributed by atoms with Crippen molar-refractivity contribution in [3.8, 4) is 6.07 Å². The summed E-state index contributed by atoms with van der Waals surface area (Å²) in [6.07, 6.45) is 6.84. The van der Waals surface area contributed by atoms with Crippen molar-refractivity contribution in [2.75, 3.05) is 18.0 Å². The maximum absolute atomic E-state index is 9.35. The Balaban J connectivity index is 1.86. The molecule has 4 heteroatoms. The number of rotatable bonds is 1. The zero-order valence-electron chi connectivity index (χ0n) is 11.9. The number of hydrogen-bond donors (Lipinski definition) is 0. The lowest BCUT2D eigenvalue weighted by molar-refractivity contribution is 0.201. The highest BCUT2D eigenvalue weighted by Crippen LogP contribution is 2.38. The third-order valence-electron chi connectivity index (χ3n) is 4.89. The van der Waals surface area contributed by atoms with Crippen LogP contribution in [0.1, 0.15) is 43.4 Å². The lowest BCUT2D eigenvalue weighted by atomic mass is 9.75. The van der Waals surface area contributed by atoms with Gasteiger partial charge in [-0.3, -0.25) is 4.68 Å². The van der Waals surface area contributed by atoms with E-state index in [1.54, 1.807) is 0 Å². The van der Waals surface area contributed by atoms with Gasteiger partial charge in [-0.05, 0) is 31.6 Å². The Morgan fingerprint density at radius 2 is 1.95 bits per heavy atom. The summed E-state index contributed by atoms with van der Waals surface area (Å²) in [5.41, 5.74) is 1.61. The minimum atomic E-state index is 0.761.